The molecule has 0 radical (unpaired) electrons. The van der Waals surface area contributed by atoms with Gasteiger partial charge in [-0.05, 0) is 49.2 Å². The molecule has 1 aliphatic heterocycles. The first-order chi connectivity index (χ1) is 15.3. The molecule has 1 saturated heterocycles. The zero-order valence-corrected chi connectivity index (χ0v) is 17.7. The van der Waals surface area contributed by atoms with Gasteiger partial charge < -0.3 is 10.2 Å². The van der Waals surface area contributed by atoms with Crippen molar-refractivity contribution in [2.75, 3.05) is 23.3 Å². The average Bonchev–Trinajstić information content (AvgIpc) is 2.79. The average molecular weight is 461 g/mol. The van der Waals surface area contributed by atoms with Crippen molar-refractivity contribution in [3.8, 4) is 11.3 Å². The van der Waals surface area contributed by atoms with Crippen molar-refractivity contribution in [2.45, 2.75) is 19.0 Å². The summed E-state index contributed by atoms with van der Waals surface area (Å²) in [6.07, 6.45) is -3.49. The molecule has 2 aromatic carbocycles. The molecule has 32 heavy (non-hydrogen) atoms. The van der Waals surface area contributed by atoms with Crippen LogP contribution in [0.3, 0.4) is 0 Å². The van der Waals surface area contributed by atoms with E-state index >= 15 is 0 Å². The van der Waals surface area contributed by atoms with Gasteiger partial charge >= 0.3 is 6.18 Å². The van der Waals surface area contributed by atoms with Gasteiger partial charge in [0.05, 0.1) is 16.9 Å². The third kappa shape index (κ3) is 5.02. The van der Waals surface area contributed by atoms with E-state index in [2.05, 4.69) is 15.5 Å². The summed E-state index contributed by atoms with van der Waals surface area (Å²) in [6, 6.07) is 16.1. The lowest BCUT2D eigenvalue weighted by molar-refractivity contribution is -0.137. The zero-order valence-electron chi connectivity index (χ0n) is 16.9. The summed E-state index contributed by atoms with van der Waals surface area (Å²) < 4.78 is 39.5. The van der Waals surface area contributed by atoms with Crippen molar-refractivity contribution in [2.24, 2.45) is 5.92 Å². The number of halogens is 4. The molecule has 0 spiro atoms. The van der Waals surface area contributed by atoms with E-state index in [4.69, 9.17) is 11.6 Å². The quantitative estimate of drug-likeness (QED) is 0.545. The van der Waals surface area contributed by atoms with Gasteiger partial charge in [0.25, 0.3) is 0 Å². The van der Waals surface area contributed by atoms with Crippen molar-refractivity contribution in [3.05, 3.63) is 71.2 Å². The Morgan fingerprint density at radius 1 is 0.969 bits per heavy atom. The third-order valence-corrected chi connectivity index (χ3v) is 5.72. The number of carbonyl (C=O) groups excluding carboxylic acids is 1. The fourth-order valence-corrected chi connectivity index (χ4v) is 3.84. The van der Waals surface area contributed by atoms with E-state index < -0.39 is 17.6 Å². The molecule has 0 aliphatic carbocycles. The van der Waals surface area contributed by atoms with Crippen LogP contribution in [0.15, 0.2) is 60.7 Å². The number of amides is 1. The van der Waals surface area contributed by atoms with E-state index in [1.165, 1.54) is 18.2 Å². The van der Waals surface area contributed by atoms with Gasteiger partial charge in [-0.15, -0.1) is 10.2 Å². The topological polar surface area (TPSA) is 58.1 Å². The second-order valence-electron chi connectivity index (χ2n) is 7.58. The number of nitrogens with one attached hydrogen (secondary N) is 1. The van der Waals surface area contributed by atoms with E-state index in [-0.39, 0.29) is 11.6 Å². The van der Waals surface area contributed by atoms with Gasteiger partial charge in [0.15, 0.2) is 5.82 Å². The smallest absolute Gasteiger partial charge is 0.355 e. The Labute approximate surface area is 188 Å². The second kappa shape index (κ2) is 9.16. The Hall–Kier alpha value is -3.13. The van der Waals surface area contributed by atoms with Crippen LogP contribution in [0.2, 0.25) is 5.02 Å². The lowest BCUT2D eigenvalue weighted by Gasteiger charge is -2.32. The summed E-state index contributed by atoms with van der Waals surface area (Å²) in [6.45, 7) is 1.13. The van der Waals surface area contributed by atoms with Crippen LogP contribution in [0.5, 0.6) is 0 Å². The van der Waals surface area contributed by atoms with Crippen molar-refractivity contribution >= 4 is 29.0 Å². The largest absolute Gasteiger partial charge is 0.418 e. The van der Waals surface area contributed by atoms with Crippen molar-refractivity contribution in [3.63, 3.8) is 0 Å². The highest BCUT2D eigenvalue weighted by molar-refractivity contribution is 6.30. The lowest BCUT2D eigenvalue weighted by atomic mass is 9.95. The van der Waals surface area contributed by atoms with E-state index in [9.17, 15) is 18.0 Å². The first-order valence-corrected chi connectivity index (χ1v) is 10.5. The number of piperidine rings is 1. The van der Waals surface area contributed by atoms with Gasteiger partial charge in [-0.1, -0.05) is 35.9 Å². The molecule has 3 aromatic rings. The van der Waals surface area contributed by atoms with Gasteiger partial charge in [0.1, 0.15) is 0 Å². The van der Waals surface area contributed by atoms with Gasteiger partial charge in [0, 0.05) is 29.6 Å². The Balaban J connectivity index is 1.36. The molecule has 0 saturated carbocycles. The van der Waals surface area contributed by atoms with E-state index in [1.807, 2.05) is 29.2 Å². The van der Waals surface area contributed by atoms with Crippen molar-refractivity contribution in [1.29, 1.82) is 0 Å². The van der Waals surface area contributed by atoms with Crippen LogP contribution < -0.4 is 10.2 Å². The Morgan fingerprint density at radius 3 is 2.28 bits per heavy atom. The maximum atomic E-state index is 13.2. The summed E-state index contributed by atoms with van der Waals surface area (Å²) in [4.78, 5) is 14.6. The van der Waals surface area contributed by atoms with Gasteiger partial charge in [-0.2, -0.15) is 13.2 Å². The standard InChI is InChI=1S/C23H20ClF3N4O/c24-17-7-5-15(6-8-17)19-9-10-21(30-29-19)31-13-11-16(12-14-31)22(32)28-20-4-2-1-3-18(20)23(25,26)27/h1-10,16H,11-14H2,(H,28,32). The minimum absolute atomic E-state index is 0.212. The first-order valence-electron chi connectivity index (χ1n) is 10.1. The molecule has 1 N–H and O–H groups in total. The Morgan fingerprint density at radius 2 is 1.66 bits per heavy atom. The summed E-state index contributed by atoms with van der Waals surface area (Å²) >= 11 is 5.91. The first kappa shape index (κ1) is 22.1. The zero-order chi connectivity index (χ0) is 22.7. The third-order valence-electron chi connectivity index (χ3n) is 5.47. The molecular formula is C23H20ClF3N4O. The summed E-state index contributed by atoms with van der Waals surface area (Å²) in [7, 11) is 0. The van der Waals surface area contributed by atoms with Crippen molar-refractivity contribution < 1.29 is 18.0 Å². The Kier molecular flexibility index (Phi) is 6.32. The predicted octanol–water partition coefficient (Wildman–Crippen LogP) is 5.67. The number of carbonyl (C=O) groups is 1. The van der Waals surface area contributed by atoms with E-state index in [0.29, 0.717) is 36.8 Å². The molecule has 1 amide bonds. The fourth-order valence-electron chi connectivity index (χ4n) is 3.71. The van der Waals surface area contributed by atoms with Crippen LogP contribution >= 0.6 is 11.6 Å². The normalized spacial score (nSPS) is 14.9. The molecule has 1 fully saturated rings. The molecule has 0 atom stereocenters. The molecule has 4 rings (SSSR count). The Bertz CT molecular complexity index is 1080. The molecule has 1 aliphatic rings. The molecule has 5 nitrogen and oxygen atoms in total. The number of anilines is 2. The molecule has 0 bridgehead atoms. The van der Waals surface area contributed by atoms with Crippen LogP contribution in [0.1, 0.15) is 18.4 Å². The summed E-state index contributed by atoms with van der Waals surface area (Å²) in [5, 5.41) is 11.7. The molecule has 166 valence electrons. The number of para-hydroxylation sites is 1. The van der Waals surface area contributed by atoms with Gasteiger partial charge in [-0.3, -0.25) is 4.79 Å². The van der Waals surface area contributed by atoms with Crippen LogP contribution in [0, 0.1) is 5.92 Å². The summed E-state index contributed by atoms with van der Waals surface area (Å²) in [5.41, 5.74) is 0.573. The molecule has 0 unspecified atom stereocenters. The lowest BCUT2D eigenvalue weighted by Crippen LogP contribution is -2.38. The second-order valence-corrected chi connectivity index (χ2v) is 8.01. The number of alkyl halides is 3. The van der Waals surface area contributed by atoms with Crippen LogP contribution in [-0.4, -0.2) is 29.2 Å². The van der Waals surface area contributed by atoms with E-state index in [1.54, 1.807) is 12.1 Å². The summed E-state index contributed by atoms with van der Waals surface area (Å²) in [5.74, 6) is -0.0663. The van der Waals surface area contributed by atoms with Crippen LogP contribution in [-0.2, 0) is 11.0 Å². The minimum Gasteiger partial charge on any atom is -0.355 e. The molecule has 1 aromatic heterocycles. The number of aromatic nitrogens is 2. The van der Waals surface area contributed by atoms with Gasteiger partial charge in [-0.25, -0.2) is 0 Å². The fraction of sp³-hybridized carbons (Fsp3) is 0.261. The van der Waals surface area contributed by atoms with Crippen molar-refractivity contribution in [1.82, 2.24) is 10.2 Å². The minimum atomic E-state index is -4.52. The number of hydrogen-bond acceptors (Lipinski definition) is 4. The molecule has 9 heteroatoms. The number of rotatable bonds is 4. The van der Waals surface area contributed by atoms with Crippen LogP contribution in [0.4, 0.5) is 24.7 Å². The van der Waals surface area contributed by atoms with Gasteiger partial charge in [0.2, 0.25) is 5.91 Å². The number of hydrogen-bond donors (Lipinski definition) is 1. The maximum Gasteiger partial charge on any atom is 0.418 e. The van der Waals surface area contributed by atoms with Crippen LogP contribution in [0.25, 0.3) is 11.3 Å². The number of nitrogens with zero attached hydrogens (tertiary/aromatic N) is 3. The predicted molar refractivity (Wildman–Crippen MR) is 117 cm³/mol. The van der Waals surface area contributed by atoms with E-state index in [0.717, 1.165) is 17.3 Å². The highest BCUT2D eigenvalue weighted by Crippen LogP contribution is 2.35. The SMILES string of the molecule is O=C(Nc1ccccc1C(F)(F)F)C1CCN(c2ccc(-c3ccc(Cl)cc3)nn2)CC1. The number of benzene rings is 2. The maximum absolute atomic E-state index is 13.2. The molecule has 2 heterocycles. The highest BCUT2D eigenvalue weighted by atomic mass is 35.5. The highest BCUT2D eigenvalue weighted by Gasteiger charge is 2.34. The molecular weight excluding hydrogens is 441 g/mol. The monoisotopic (exact) mass is 460 g/mol.